The van der Waals surface area contributed by atoms with Crippen molar-refractivity contribution in [1.82, 2.24) is 9.78 Å². The number of rotatable bonds is 6. The SMILES string of the molecule is Cc1nn(CCCOc2ccccc2CN)cc1Cl. The van der Waals surface area contributed by atoms with E-state index in [0.29, 0.717) is 18.2 Å². The van der Waals surface area contributed by atoms with Gasteiger partial charge in [0.15, 0.2) is 0 Å². The van der Waals surface area contributed by atoms with Crippen LogP contribution in [0.5, 0.6) is 5.75 Å². The van der Waals surface area contributed by atoms with Crippen molar-refractivity contribution in [3.8, 4) is 5.75 Å². The molecular weight excluding hydrogens is 262 g/mol. The Kier molecular flexibility index (Phi) is 4.82. The van der Waals surface area contributed by atoms with Crippen LogP contribution in [0.15, 0.2) is 30.5 Å². The van der Waals surface area contributed by atoms with Gasteiger partial charge in [-0.2, -0.15) is 5.10 Å². The molecule has 0 radical (unpaired) electrons. The van der Waals surface area contributed by atoms with Crippen LogP contribution in [-0.4, -0.2) is 16.4 Å². The molecule has 1 aromatic heterocycles. The first-order valence-electron chi connectivity index (χ1n) is 6.31. The zero-order valence-electron chi connectivity index (χ0n) is 11.0. The highest BCUT2D eigenvalue weighted by Gasteiger charge is 2.03. The van der Waals surface area contributed by atoms with Crippen LogP contribution in [0.3, 0.4) is 0 Å². The van der Waals surface area contributed by atoms with E-state index in [0.717, 1.165) is 30.0 Å². The van der Waals surface area contributed by atoms with Crippen molar-refractivity contribution in [2.24, 2.45) is 5.73 Å². The van der Waals surface area contributed by atoms with Gasteiger partial charge in [0.25, 0.3) is 0 Å². The van der Waals surface area contributed by atoms with Crippen LogP contribution in [-0.2, 0) is 13.1 Å². The van der Waals surface area contributed by atoms with Gasteiger partial charge in [0.2, 0.25) is 0 Å². The Morgan fingerprint density at radius 1 is 1.37 bits per heavy atom. The van der Waals surface area contributed by atoms with Crippen molar-refractivity contribution in [3.05, 3.63) is 46.7 Å². The largest absolute Gasteiger partial charge is 0.493 e. The Morgan fingerprint density at radius 2 is 2.16 bits per heavy atom. The maximum atomic E-state index is 5.95. The van der Waals surface area contributed by atoms with Crippen LogP contribution in [0, 0.1) is 6.92 Å². The molecule has 5 heteroatoms. The van der Waals surface area contributed by atoms with Gasteiger partial charge in [-0.3, -0.25) is 4.68 Å². The van der Waals surface area contributed by atoms with Crippen molar-refractivity contribution >= 4 is 11.6 Å². The maximum Gasteiger partial charge on any atom is 0.123 e. The molecule has 0 aliphatic heterocycles. The number of aromatic nitrogens is 2. The molecular formula is C14H18ClN3O. The molecule has 0 saturated carbocycles. The van der Waals surface area contributed by atoms with Gasteiger partial charge in [0, 0.05) is 31.3 Å². The summed E-state index contributed by atoms with van der Waals surface area (Å²) in [5.41, 5.74) is 7.54. The second-order valence-electron chi connectivity index (χ2n) is 4.34. The Hall–Kier alpha value is -1.52. The zero-order chi connectivity index (χ0) is 13.7. The second-order valence-corrected chi connectivity index (χ2v) is 4.75. The molecule has 0 saturated heterocycles. The molecule has 2 N–H and O–H groups in total. The normalized spacial score (nSPS) is 10.7. The Labute approximate surface area is 118 Å². The molecule has 0 spiro atoms. The first-order chi connectivity index (χ1) is 9.20. The van der Waals surface area contributed by atoms with E-state index in [4.69, 9.17) is 22.1 Å². The molecule has 0 atom stereocenters. The summed E-state index contributed by atoms with van der Waals surface area (Å²) in [6, 6.07) is 7.83. The van der Waals surface area contributed by atoms with Crippen molar-refractivity contribution in [3.63, 3.8) is 0 Å². The van der Waals surface area contributed by atoms with Crippen LogP contribution in [0.25, 0.3) is 0 Å². The third-order valence-electron chi connectivity index (χ3n) is 2.87. The lowest BCUT2D eigenvalue weighted by atomic mass is 10.2. The molecule has 0 aliphatic carbocycles. The number of nitrogens with zero attached hydrogens (tertiary/aromatic N) is 2. The fraction of sp³-hybridized carbons (Fsp3) is 0.357. The molecule has 1 heterocycles. The number of aryl methyl sites for hydroxylation is 2. The quantitative estimate of drug-likeness (QED) is 0.827. The van der Waals surface area contributed by atoms with E-state index < -0.39 is 0 Å². The number of ether oxygens (including phenoxy) is 1. The highest BCUT2D eigenvalue weighted by Crippen LogP contribution is 2.17. The van der Waals surface area contributed by atoms with Gasteiger partial charge in [0.1, 0.15) is 5.75 Å². The van der Waals surface area contributed by atoms with E-state index in [2.05, 4.69) is 5.10 Å². The van der Waals surface area contributed by atoms with Crippen molar-refractivity contribution in [2.75, 3.05) is 6.61 Å². The lowest BCUT2D eigenvalue weighted by Crippen LogP contribution is -2.07. The molecule has 0 aliphatic rings. The van der Waals surface area contributed by atoms with Gasteiger partial charge in [-0.05, 0) is 13.0 Å². The molecule has 0 unspecified atom stereocenters. The summed E-state index contributed by atoms with van der Waals surface area (Å²) in [5, 5.41) is 5.00. The lowest BCUT2D eigenvalue weighted by molar-refractivity contribution is 0.296. The fourth-order valence-corrected chi connectivity index (χ4v) is 1.98. The molecule has 2 rings (SSSR count). The van der Waals surface area contributed by atoms with E-state index in [1.54, 1.807) is 0 Å². The first-order valence-corrected chi connectivity index (χ1v) is 6.69. The Balaban J connectivity index is 1.80. The highest BCUT2D eigenvalue weighted by atomic mass is 35.5. The fourth-order valence-electron chi connectivity index (χ4n) is 1.83. The van der Waals surface area contributed by atoms with Gasteiger partial charge in [0.05, 0.1) is 17.3 Å². The molecule has 4 nitrogen and oxygen atoms in total. The minimum Gasteiger partial charge on any atom is -0.493 e. The average Bonchev–Trinajstić information content (AvgIpc) is 2.74. The number of hydrogen-bond acceptors (Lipinski definition) is 3. The minimum absolute atomic E-state index is 0.490. The van der Waals surface area contributed by atoms with Crippen LogP contribution in [0.1, 0.15) is 17.7 Å². The third-order valence-corrected chi connectivity index (χ3v) is 3.24. The first kappa shape index (κ1) is 13.9. The molecule has 0 fully saturated rings. The smallest absolute Gasteiger partial charge is 0.123 e. The second kappa shape index (κ2) is 6.59. The number of nitrogens with two attached hydrogens (primary N) is 1. The third kappa shape index (κ3) is 3.72. The van der Waals surface area contributed by atoms with Gasteiger partial charge in [-0.25, -0.2) is 0 Å². The number of benzene rings is 1. The number of hydrogen-bond donors (Lipinski definition) is 1. The Morgan fingerprint density at radius 3 is 2.84 bits per heavy atom. The van der Waals surface area contributed by atoms with Gasteiger partial charge in [-0.1, -0.05) is 29.8 Å². The molecule has 0 amide bonds. The summed E-state index contributed by atoms with van der Waals surface area (Å²) in [7, 11) is 0. The molecule has 1 aromatic carbocycles. The predicted molar refractivity (Wildman–Crippen MR) is 76.4 cm³/mol. The van der Waals surface area contributed by atoms with E-state index in [1.807, 2.05) is 42.1 Å². The van der Waals surface area contributed by atoms with E-state index >= 15 is 0 Å². The monoisotopic (exact) mass is 279 g/mol. The van der Waals surface area contributed by atoms with E-state index in [-0.39, 0.29) is 0 Å². The summed E-state index contributed by atoms with van der Waals surface area (Å²) < 4.78 is 7.58. The van der Waals surface area contributed by atoms with Crippen LogP contribution < -0.4 is 10.5 Å². The van der Waals surface area contributed by atoms with Crippen LogP contribution in [0.4, 0.5) is 0 Å². The summed E-state index contributed by atoms with van der Waals surface area (Å²) >= 11 is 5.95. The summed E-state index contributed by atoms with van der Waals surface area (Å²) in [6.07, 6.45) is 2.71. The van der Waals surface area contributed by atoms with Crippen LogP contribution >= 0.6 is 11.6 Å². The van der Waals surface area contributed by atoms with Crippen molar-refractivity contribution < 1.29 is 4.74 Å². The number of para-hydroxylation sites is 1. The molecule has 2 aromatic rings. The summed E-state index contributed by atoms with van der Waals surface area (Å²) in [6.45, 7) is 3.81. The zero-order valence-corrected chi connectivity index (χ0v) is 11.7. The van der Waals surface area contributed by atoms with Gasteiger partial charge >= 0.3 is 0 Å². The summed E-state index contributed by atoms with van der Waals surface area (Å²) in [4.78, 5) is 0. The number of halogens is 1. The highest BCUT2D eigenvalue weighted by molar-refractivity contribution is 6.31. The maximum absolute atomic E-state index is 5.95. The Bertz CT molecular complexity index is 520. The minimum atomic E-state index is 0.490. The summed E-state index contributed by atoms with van der Waals surface area (Å²) in [5.74, 6) is 0.861. The van der Waals surface area contributed by atoms with Crippen molar-refractivity contribution in [2.45, 2.75) is 26.4 Å². The predicted octanol–water partition coefficient (Wildman–Crippen LogP) is 2.77. The molecule has 0 bridgehead atoms. The molecule has 102 valence electrons. The lowest BCUT2D eigenvalue weighted by Gasteiger charge is -2.10. The van der Waals surface area contributed by atoms with Crippen molar-refractivity contribution in [1.29, 1.82) is 0 Å². The van der Waals surface area contributed by atoms with Gasteiger partial charge < -0.3 is 10.5 Å². The topological polar surface area (TPSA) is 53.1 Å². The van der Waals surface area contributed by atoms with Crippen LogP contribution in [0.2, 0.25) is 5.02 Å². The van der Waals surface area contributed by atoms with E-state index in [1.165, 1.54) is 0 Å². The van der Waals surface area contributed by atoms with E-state index in [9.17, 15) is 0 Å². The standard InChI is InChI=1S/C14H18ClN3O/c1-11-13(15)10-18(17-11)7-4-8-19-14-6-3-2-5-12(14)9-16/h2-3,5-6,10H,4,7-9,16H2,1H3. The average molecular weight is 280 g/mol. The van der Waals surface area contributed by atoms with Gasteiger partial charge in [-0.15, -0.1) is 0 Å². The molecule has 19 heavy (non-hydrogen) atoms.